The van der Waals surface area contributed by atoms with Crippen molar-refractivity contribution in [1.29, 1.82) is 0 Å². The highest BCUT2D eigenvalue weighted by Crippen LogP contribution is 2.36. The number of methoxy groups -OCH3 is 1. The molecule has 10 heteroatoms. The number of nitrogens with zero attached hydrogens (tertiary/aromatic N) is 2. The fraction of sp³-hybridized carbons (Fsp3) is 0.167. The molecule has 6 rings (SSSR count). The lowest BCUT2D eigenvalue weighted by Crippen LogP contribution is -2.40. The molecule has 0 fully saturated rings. The molecule has 1 atom stereocenters. The molecule has 5 aromatic rings. The quantitative estimate of drug-likeness (QED) is 0.200. The number of rotatable bonds is 9. The summed E-state index contributed by atoms with van der Waals surface area (Å²) in [4.78, 5) is 45.1. The summed E-state index contributed by atoms with van der Waals surface area (Å²) in [6.45, 7) is 3.95. The van der Waals surface area contributed by atoms with Crippen molar-refractivity contribution >= 4 is 35.0 Å². The van der Waals surface area contributed by atoms with Crippen LogP contribution in [0.1, 0.15) is 47.1 Å². The molecule has 0 amide bonds. The van der Waals surface area contributed by atoms with Crippen molar-refractivity contribution in [3.05, 3.63) is 139 Å². The SMILES string of the molecule is CCOC(=O)C1=C(c2ccccc2)N=c2s/c(=C\c3ccc(-c4ccc(C(=O)OCC)cc4)o3)c(=O)n2C1c1cccc(OC)c1. The predicted octanol–water partition coefficient (Wildman–Crippen LogP) is 5.38. The number of carbonyl (C=O) groups is 2. The van der Waals surface area contributed by atoms with Crippen LogP contribution in [0.25, 0.3) is 23.1 Å². The van der Waals surface area contributed by atoms with E-state index in [-0.39, 0.29) is 17.7 Å². The molecule has 0 saturated heterocycles. The smallest absolute Gasteiger partial charge is 0.338 e. The predicted molar refractivity (Wildman–Crippen MR) is 174 cm³/mol. The van der Waals surface area contributed by atoms with Crippen LogP contribution in [0.5, 0.6) is 5.75 Å². The standard InChI is InChI=1S/C36H30N2O7S/c1-4-43-34(40)24-16-14-22(15-17-24)28-19-18-27(45-28)21-29-33(39)38-32(25-12-9-13-26(20-25)42-3)30(35(41)44-5-2)31(37-36(38)46-29)23-10-7-6-8-11-23/h6-21,32H,4-5H2,1-3H3/b29-21-. The summed E-state index contributed by atoms with van der Waals surface area (Å²) >= 11 is 1.20. The molecule has 232 valence electrons. The van der Waals surface area contributed by atoms with Gasteiger partial charge < -0.3 is 18.6 Å². The number of hydrogen-bond donors (Lipinski definition) is 0. The summed E-state index contributed by atoms with van der Waals surface area (Å²) in [5.74, 6) is 0.662. The fourth-order valence-corrected chi connectivity index (χ4v) is 6.25. The van der Waals surface area contributed by atoms with Crippen molar-refractivity contribution < 1.29 is 28.2 Å². The first kappa shape index (κ1) is 30.5. The Morgan fingerprint density at radius 2 is 1.63 bits per heavy atom. The summed E-state index contributed by atoms with van der Waals surface area (Å²) in [5.41, 5.74) is 2.96. The van der Waals surface area contributed by atoms with Crippen LogP contribution in [0.15, 0.2) is 111 Å². The molecule has 3 aromatic carbocycles. The molecule has 9 nitrogen and oxygen atoms in total. The first-order valence-corrected chi connectivity index (χ1v) is 15.5. The highest BCUT2D eigenvalue weighted by molar-refractivity contribution is 7.07. The van der Waals surface area contributed by atoms with Gasteiger partial charge in [-0.05, 0) is 55.8 Å². The Labute approximate surface area is 268 Å². The first-order chi connectivity index (χ1) is 22.4. The second-order valence-corrected chi connectivity index (χ2v) is 11.2. The van der Waals surface area contributed by atoms with Crippen molar-refractivity contribution in [3.63, 3.8) is 0 Å². The second-order valence-electron chi connectivity index (χ2n) is 10.2. The Morgan fingerprint density at radius 3 is 2.35 bits per heavy atom. The average Bonchev–Trinajstić information content (AvgIpc) is 3.68. The maximum atomic E-state index is 14.1. The van der Waals surface area contributed by atoms with Gasteiger partial charge in [0.15, 0.2) is 4.80 Å². The molecule has 46 heavy (non-hydrogen) atoms. The van der Waals surface area contributed by atoms with E-state index in [1.54, 1.807) is 75.6 Å². The minimum Gasteiger partial charge on any atom is -0.497 e. The highest BCUT2D eigenvalue weighted by Gasteiger charge is 2.35. The minimum absolute atomic E-state index is 0.159. The Hall–Kier alpha value is -5.48. The number of carbonyl (C=O) groups excluding carboxylic acids is 2. The van der Waals surface area contributed by atoms with Crippen LogP contribution in [-0.4, -0.2) is 36.8 Å². The zero-order valence-corrected chi connectivity index (χ0v) is 26.2. The summed E-state index contributed by atoms with van der Waals surface area (Å²) in [6.07, 6.45) is 1.67. The Bertz CT molecular complexity index is 2120. The van der Waals surface area contributed by atoms with E-state index in [2.05, 4.69) is 0 Å². The third-order valence-electron chi connectivity index (χ3n) is 7.36. The van der Waals surface area contributed by atoms with Crippen LogP contribution in [-0.2, 0) is 14.3 Å². The summed E-state index contributed by atoms with van der Waals surface area (Å²) in [6, 6.07) is 26.3. The van der Waals surface area contributed by atoms with Gasteiger partial charge in [-0.1, -0.05) is 65.9 Å². The zero-order chi connectivity index (χ0) is 32.2. The van der Waals surface area contributed by atoms with Crippen molar-refractivity contribution in [2.75, 3.05) is 20.3 Å². The maximum Gasteiger partial charge on any atom is 0.338 e. The number of furan rings is 1. The van der Waals surface area contributed by atoms with Gasteiger partial charge in [0.2, 0.25) is 0 Å². The number of aromatic nitrogens is 1. The van der Waals surface area contributed by atoms with E-state index >= 15 is 0 Å². The lowest BCUT2D eigenvalue weighted by molar-refractivity contribution is -0.138. The molecule has 0 bridgehead atoms. The molecule has 3 heterocycles. The molecule has 0 saturated carbocycles. The van der Waals surface area contributed by atoms with Gasteiger partial charge in [-0.15, -0.1) is 0 Å². The Balaban J connectivity index is 1.48. The lowest BCUT2D eigenvalue weighted by atomic mass is 9.93. The number of fused-ring (bicyclic) bond motifs is 1. The molecule has 2 aromatic heterocycles. The van der Waals surface area contributed by atoms with Crippen LogP contribution in [0, 0.1) is 0 Å². The lowest BCUT2D eigenvalue weighted by Gasteiger charge is -2.26. The summed E-state index contributed by atoms with van der Waals surface area (Å²) in [7, 11) is 1.56. The molecular formula is C36H30N2O7S. The van der Waals surface area contributed by atoms with Crippen LogP contribution in [0.3, 0.4) is 0 Å². The van der Waals surface area contributed by atoms with Gasteiger partial charge in [-0.2, -0.15) is 0 Å². The van der Waals surface area contributed by atoms with Crippen LogP contribution in [0.2, 0.25) is 0 Å². The van der Waals surface area contributed by atoms with Gasteiger partial charge in [0.25, 0.3) is 5.56 Å². The Kier molecular flexibility index (Phi) is 8.80. The minimum atomic E-state index is -0.826. The normalized spacial score (nSPS) is 14.4. The van der Waals surface area contributed by atoms with Crippen LogP contribution < -0.4 is 19.6 Å². The Morgan fingerprint density at radius 1 is 0.891 bits per heavy atom. The van der Waals surface area contributed by atoms with E-state index in [0.29, 0.717) is 50.0 Å². The monoisotopic (exact) mass is 634 g/mol. The number of benzene rings is 3. The molecule has 1 aliphatic heterocycles. The van der Waals surface area contributed by atoms with E-state index in [0.717, 1.165) is 11.1 Å². The number of hydrogen-bond acceptors (Lipinski definition) is 9. The third-order valence-corrected chi connectivity index (χ3v) is 8.35. The first-order valence-electron chi connectivity index (χ1n) is 14.7. The largest absolute Gasteiger partial charge is 0.497 e. The van der Waals surface area contributed by atoms with E-state index in [1.807, 2.05) is 42.5 Å². The van der Waals surface area contributed by atoms with Crippen molar-refractivity contribution in [2.24, 2.45) is 4.99 Å². The van der Waals surface area contributed by atoms with Crippen LogP contribution >= 0.6 is 11.3 Å². The molecule has 0 radical (unpaired) electrons. The molecule has 0 spiro atoms. The van der Waals surface area contributed by atoms with Crippen molar-refractivity contribution in [1.82, 2.24) is 4.57 Å². The van der Waals surface area contributed by atoms with Gasteiger partial charge in [-0.3, -0.25) is 9.36 Å². The number of thiazole rings is 1. The molecule has 1 unspecified atom stereocenters. The maximum absolute atomic E-state index is 14.1. The summed E-state index contributed by atoms with van der Waals surface area (Å²) in [5, 5.41) is 0. The van der Waals surface area contributed by atoms with E-state index in [9.17, 15) is 14.4 Å². The van der Waals surface area contributed by atoms with Gasteiger partial charge >= 0.3 is 11.9 Å². The van der Waals surface area contributed by atoms with E-state index < -0.39 is 18.0 Å². The summed E-state index contributed by atoms with van der Waals surface area (Å²) < 4.78 is 24.1. The topological polar surface area (TPSA) is 109 Å². The number of ether oxygens (including phenoxy) is 3. The van der Waals surface area contributed by atoms with Gasteiger partial charge in [0.05, 0.1) is 47.7 Å². The average molecular weight is 635 g/mol. The van der Waals surface area contributed by atoms with Crippen molar-refractivity contribution in [2.45, 2.75) is 19.9 Å². The van der Waals surface area contributed by atoms with Gasteiger partial charge in [0.1, 0.15) is 17.3 Å². The molecule has 1 aliphatic rings. The second kappa shape index (κ2) is 13.3. The molecular weight excluding hydrogens is 604 g/mol. The third kappa shape index (κ3) is 5.94. The van der Waals surface area contributed by atoms with E-state index in [1.165, 1.54) is 15.9 Å². The fourth-order valence-electron chi connectivity index (χ4n) is 5.27. The number of esters is 2. The van der Waals surface area contributed by atoms with Gasteiger partial charge in [-0.25, -0.2) is 14.6 Å². The van der Waals surface area contributed by atoms with E-state index in [4.69, 9.17) is 23.6 Å². The molecule has 0 N–H and O–H groups in total. The van der Waals surface area contributed by atoms with Gasteiger partial charge in [0, 0.05) is 17.2 Å². The van der Waals surface area contributed by atoms with Crippen LogP contribution in [0.4, 0.5) is 0 Å². The zero-order valence-electron chi connectivity index (χ0n) is 25.4. The highest BCUT2D eigenvalue weighted by atomic mass is 32.1. The van der Waals surface area contributed by atoms with Crippen molar-refractivity contribution in [3.8, 4) is 17.1 Å². The molecule has 0 aliphatic carbocycles.